The third-order valence-electron chi connectivity index (χ3n) is 2.55. The van der Waals surface area contributed by atoms with Crippen molar-refractivity contribution in [2.75, 3.05) is 11.9 Å². The molecule has 0 radical (unpaired) electrons. The minimum Gasteiger partial charge on any atom is -0.493 e. The third kappa shape index (κ3) is 3.85. The van der Waals surface area contributed by atoms with E-state index in [-0.39, 0.29) is 11.7 Å². The number of ether oxygens (including phenoxy) is 1. The van der Waals surface area contributed by atoms with Gasteiger partial charge in [-0.25, -0.2) is 0 Å². The molecule has 1 aromatic carbocycles. The maximum Gasteiger partial charge on any atom is 0.294 e. The Bertz CT molecular complexity index is 573. The Morgan fingerprint density at radius 2 is 2.05 bits per heavy atom. The Labute approximate surface area is 117 Å². The molecule has 0 aliphatic carbocycles. The molecule has 2 aromatic rings. The molecule has 20 heavy (non-hydrogen) atoms. The minimum atomic E-state index is -0.318. The minimum absolute atomic E-state index is 0.197. The molecular formula is C15H18N2O3. The van der Waals surface area contributed by atoms with Gasteiger partial charge in [0, 0.05) is 11.8 Å². The van der Waals surface area contributed by atoms with E-state index in [9.17, 15) is 4.79 Å². The van der Waals surface area contributed by atoms with Crippen molar-refractivity contribution in [2.24, 2.45) is 5.92 Å². The Morgan fingerprint density at radius 1 is 1.35 bits per heavy atom. The van der Waals surface area contributed by atoms with Crippen molar-refractivity contribution < 1.29 is 14.1 Å². The van der Waals surface area contributed by atoms with E-state index in [1.165, 1.54) is 0 Å². The number of carbonyl (C=O) groups excluding carboxylic acids is 1. The summed E-state index contributed by atoms with van der Waals surface area (Å²) >= 11 is 0. The Morgan fingerprint density at radius 3 is 2.60 bits per heavy atom. The molecule has 0 fully saturated rings. The fourth-order valence-corrected chi connectivity index (χ4v) is 1.56. The molecule has 0 bridgehead atoms. The van der Waals surface area contributed by atoms with Gasteiger partial charge in [-0.1, -0.05) is 19.0 Å². The highest BCUT2D eigenvalue weighted by Gasteiger charge is 2.11. The molecule has 0 saturated carbocycles. The van der Waals surface area contributed by atoms with Crippen molar-refractivity contribution in [3.8, 4) is 5.75 Å². The van der Waals surface area contributed by atoms with Crippen molar-refractivity contribution in [3.05, 3.63) is 41.8 Å². The van der Waals surface area contributed by atoms with Crippen LogP contribution >= 0.6 is 0 Å². The van der Waals surface area contributed by atoms with Gasteiger partial charge in [0.25, 0.3) is 5.91 Å². The summed E-state index contributed by atoms with van der Waals surface area (Å²) in [7, 11) is 0. The molecule has 5 heteroatoms. The van der Waals surface area contributed by atoms with E-state index >= 15 is 0 Å². The number of carbonyl (C=O) groups is 1. The normalized spacial score (nSPS) is 10.6. The van der Waals surface area contributed by atoms with Crippen molar-refractivity contribution in [1.29, 1.82) is 0 Å². The quantitative estimate of drug-likeness (QED) is 0.908. The first-order chi connectivity index (χ1) is 9.54. The van der Waals surface area contributed by atoms with Gasteiger partial charge in [-0.05, 0) is 37.1 Å². The molecular weight excluding hydrogens is 256 g/mol. The number of nitrogens with one attached hydrogen (secondary N) is 1. The highest BCUT2D eigenvalue weighted by Crippen LogP contribution is 2.17. The predicted molar refractivity (Wildman–Crippen MR) is 76.0 cm³/mol. The van der Waals surface area contributed by atoms with Crippen LogP contribution < -0.4 is 10.1 Å². The van der Waals surface area contributed by atoms with Gasteiger partial charge in [0.05, 0.1) is 12.3 Å². The number of anilines is 1. The molecule has 1 amide bonds. The second kappa shape index (κ2) is 6.23. The summed E-state index contributed by atoms with van der Waals surface area (Å²) in [6, 6.07) is 8.82. The lowest BCUT2D eigenvalue weighted by atomic mass is 10.2. The van der Waals surface area contributed by atoms with E-state index in [4.69, 9.17) is 9.26 Å². The lowest BCUT2D eigenvalue weighted by molar-refractivity contribution is 0.0988. The van der Waals surface area contributed by atoms with E-state index in [0.717, 1.165) is 5.75 Å². The van der Waals surface area contributed by atoms with Crippen LogP contribution in [0.2, 0.25) is 0 Å². The van der Waals surface area contributed by atoms with Crippen LogP contribution in [0.1, 0.15) is 30.1 Å². The van der Waals surface area contributed by atoms with Crippen LogP contribution in [-0.4, -0.2) is 17.7 Å². The molecule has 5 nitrogen and oxygen atoms in total. The smallest absolute Gasteiger partial charge is 0.294 e. The third-order valence-corrected chi connectivity index (χ3v) is 2.55. The van der Waals surface area contributed by atoms with Gasteiger partial charge in [-0.3, -0.25) is 4.79 Å². The zero-order chi connectivity index (χ0) is 14.5. The number of hydrogen-bond donors (Lipinski definition) is 1. The van der Waals surface area contributed by atoms with Gasteiger partial charge in [-0.15, -0.1) is 0 Å². The highest BCUT2D eigenvalue weighted by atomic mass is 16.5. The second-order valence-corrected chi connectivity index (χ2v) is 5.02. The van der Waals surface area contributed by atoms with Crippen LogP contribution in [-0.2, 0) is 0 Å². The van der Waals surface area contributed by atoms with Crippen LogP contribution in [0.25, 0.3) is 0 Å². The summed E-state index contributed by atoms with van der Waals surface area (Å²) in [5.41, 5.74) is 1.36. The first-order valence-electron chi connectivity index (χ1n) is 6.52. The summed E-state index contributed by atoms with van der Waals surface area (Å²) in [5, 5.41) is 6.41. The maximum absolute atomic E-state index is 11.9. The van der Waals surface area contributed by atoms with Crippen molar-refractivity contribution in [3.63, 3.8) is 0 Å². The van der Waals surface area contributed by atoms with Gasteiger partial charge in [0.2, 0.25) is 5.76 Å². The van der Waals surface area contributed by atoms with Crippen LogP contribution in [0.15, 0.2) is 34.9 Å². The lowest BCUT2D eigenvalue weighted by Gasteiger charge is -2.09. The molecule has 0 unspecified atom stereocenters. The van der Waals surface area contributed by atoms with E-state index in [2.05, 4.69) is 24.3 Å². The number of aromatic nitrogens is 1. The zero-order valence-electron chi connectivity index (χ0n) is 11.8. The molecule has 0 aliphatic heterocycles. The topological polar surface area (TPSA) is 64.4 Å². The molecule has 0 atom stereocenters. The van der Waals surface area contributed by atoms with E-state index < -0.39 is 0 Å². The Kier molecular flexibility index (Phi) is 4.40. The van der Waals surface area contributed by atoms with E-state index in [1.807, 2.05) is 12.1 Å². The average molecular weight is 274 g/mol. The number of benzene rings is 1. The van der Waals surface area contributed by atoms with Crippen molar-refractivity contribution in [2.45, 2.75) is 20.8 Å². The monoisotopic (exact) mass is 274 g/mol. The molecule has 1 aromatic heterocycles. The van der Waals surface area contributed by atoms with Crippen molar-refractivity contribution >= 4 is 11.6 Å². The van der Waals surface area contributed by atoms with Gasteiger partial charge in [-0.2, -0.15) is 0 Å². The Hall–Kier alpha value is -2.30. The molecule has 1 heterocycles. The van der Waals surface area contributed by atoms with E-state index in [1.54, 1.807) is 25.1 Å². The number of nitrogens with zero attached hydrogens (tertiary/aromatic N) is 1. The van der Waals surface area contributed by atoms with Gasteiger partial charge >= 0.3 is 0 Å². The molecule has 0 spiro atoms. The number of amides is 1. The van der Waals surface area contributed by atoms with Gasteiger partial charge in [0.15, 0.2) is 0 Å². The highest BCUT2D eigenvalue weighted by molar-refractivity contribution is 6.02. The maximum atomic E-state index is 11.9. The first kappa shape index (κ1) is 14.1. The zero-order valence-corrected chi connectivity index (χ0v) is 11.8. The number of aryl methyl sites for hydroxylation is 1. The fourth-order valence-electron chi connectivity index (χ4n) is 1.56. The number of hydrogen-bond acceptors (Lipinski definition) is 4. The van der Waals surface area contributed by atoms with Crippen LogP contribution in [0, 0.1) is 12.8 Å². The van der Waals surface area contributed by atoms with Crippen LogP contribution in [0.5, 0.6) is 5.75 Å². The standard InChI is InChI=1S/C15H18N2O3/c1-10(2)9-19-13-6-4-12(5-7-13)16-15(18)14-8-11(3)17-20-14/h4-8,10H,9H2,1-3H3,(H,16,18). The van der Waals surface area contributed by atoms with Crippen LogP contribution in [0.4, 0.5) is 5.69 Å². The molecule has 106 valence electrons. The van der Waals surface area contributed by atoms with Crippen LogP contribution in [0.3, 0.4) is 0 Å². The van der Waals surface area contributed by atoms with Crippen molar-refractivity contribution in [1.82, 2.24) is 5.16 Å². The summed E-state index contributed by atoms with van der Waals surface area (Å²) in [4.78, 5) is 11.9. The van der Waals surface area contributed by atoms with E-state index in [0.29, 0.717) is 23.9 Å². The van der Waals surface area contributed by atoms with Gasteiger partial charge in [0.1, 0.15) is 5.75 Å². The largest absolute Gasteiger partial charge is 0.493 e. The first-order valence-corrected chi connectivity index (χ1v) is 6.52. The predicted octanol–water partition coefficient (Wildman–Crippen LogP) is 3.27. The average Bonchev–Trinajstić information content (AvgIpc) is 2.85. The Balaban J connectivity index is 1.95. The van der Waals surface area contributed by atoms with Gasteiger partial charge < -0.3 is 14.6 Å². The molecule has 1 N–H and O–H groups in total. The summed E-state index contributed by atoms with van der Waals surface area (Å²) < 4.78 is 10.5. The number of rotatable bonds is 5. The summed E-state index contributed by atoms with van der Waals surface area (Å²) in [6.45, 7) is 6.62. The fraction of sp³-hybridized carbons (Fsp3) is 0.333. The summed E-state index contributed by atoms with van der Waals surface area (Å²) in [5.74, 6) is 1.14. The second-order valence-electron chi connectivity index (χ2n) is 5.02. The molecule has 0 saturated heterocycles. The molecule has 0 aliphatic rings. The lowest BCUT2D eigenvalue weighted by Crippen LogP contribution is -2.11. The molecule has 2 rings (SSSR count). The summed E-state index contributed by atoms with van der Waals surface area (Å²) in [6.07, 6.45) is 0. The SMILES string of the molecule is Cc1cc(C(=O)Nc2ccc(OCC(C)C)cc2)on1.